The first-order valence-corrected chi connectivity index (χ1v) is 10.1. The lowest BCUT2D eigenvalue weighted by molar-refractivity contribution is -0.126. The third kappa shape index (κ3) is 6.57. The van der Waals surface area contributed by atoms with E-state index in [4.69, 9.17) is 12.2 Å². The van der Waals surface area contributed by atoms with Gasteiger partial charge in [-0.2, -0.15) is 0 Å². The number of hydrogen-bond acceptors (Lipinski definition) is 3. The van der Waals surface area contributed by atoms with Crippen LogP contribution >= 0.6 is 12.2 Å². The maximum absolute atomic E-state index is 12.3. The molecule has 0 bridgehead atoms. The number of likely N-dealkylation sites (tertiary alicyclic amines) is 1. The van der Waals surface area contributed by atoms with Gasteiger partial charge in [-0.05, 0) is 75.6 Å². The van der Waals surface area contributed by atoms with E-state index in [0.29, 0.717) is 0 Å². The average molecular weight is 377 g/mol. The number of carbonyl (C=O) groups excluding carboxylic acids is 1. The normalized spacial score (nSPS) is 14.9. The first-order valence-electron chi connectivity index (χ1n) is 9.71. The van der Waals surface area contributed by atoms with Crippen LogP contribution in [0.4, 0.5) is 5.69 Å². The van der Waals surface area contributed by atoms with Crippen LogP contribution in [0.3, 0.4) is 0 Å². The zero-order chi connectivity index (χ0) is 18.8. The summed E-state index contributed by atoms with van der Waals surface area (Å²) >= 11 is 5.54. The zero-order valence-electron chi connectivity index (χ0n) is 16.0. The smallest absolute Gasteiger partial charge is 0.223 e. The summed E-state index contributed by atoms with van der Waals surface area (Å²) in [4.78, 5) is 14.4. The highest BCUT2D eigenvalue weighted by molar-refractivity contribution is 7.80. The molecule has 1 aromatic carbocycles. The third-order valence-electron chi connectivity index (χ3n) is 4.92. The molecule has 1 fully saturated rings. The monoisotopic (exact) mass is 376 g/mol. The van der Waals surface area contributed by atoms with Crippen LogP contribution in [-0.2, 0) is 11.2 Å². The van der Waals surface area contributed by atoms with Gasteiger partial charge in [0.15, 0.2) is 5.11 Å². The summed E-state index contributed by atoms with van der Waals surface area (Å²) in [5.74, 6) is 0.310. The van der Waals surface area contributed by atoms with Crippen molar-refractivity contribution in [2.24, 2.45) is 5.92 Å². The predicted molar refractivity (Wildman–Crippen MR) is 113 cm³/mol. The summed E-state index contributed by atoms with van der Waals surface area (Å²) < 4.78 is 0. The van der Waals surface area contributed by atoms with Crippen LogP contribution in [-0.4, -0.2) is 49.1 Å². The Hall–Kier alpha value is -1.66. The van der Waals surface area contributed by atoms with Crippen molar-refractivity contribution in [2.75, 3.05) is 38.5 Å². The molecule has 0 saturated carbocycles. The maximum Gasteiger partial charge on any atom is 0.223 e. The molecule has 0 aromatic heterocycles. The van der Waals surface area contributed by atoms with Gasteiger partial charge >= 0.3 is 0 Å². The minimum absolute atomic E-state index is 0.113. The Labute approximate surface area is 162 Å². The van der Waals surface area contributed by atoms with Gasteiger partial charge in [-0.3, -0.25) is 4.79 Å². The standard InChI is InChI=1S/C20H32N4OS/c1-3-16-6-8-18(9-7-16)23-20(26)24-14-10-17(11-15-24)19(25)22-13-5-4-12-21-2/h6-9,17,21H,3-5,10-15H2,1-2H3,(H,22,25)(H,23,26). The summed E-state index contributed by atoms with van der Waals surface area (Å²) in [5, 5.41) is 10.3. The van der Waals surface area contributed by atoms with Crippen molar-refractivity contribution < 1.29 is 4.79 Å². The first-order chi connectivity index (χ1) is 12.6. The lowest BCUT2D eigenvalue weighted by atomic mass is 9.96. The highest BCUT2D eigenvalue weighted by Gasteiger charge is 2.25. The number of nitrogens with zero attached hydrogens (tertiary/aromatic N) is 1. The largest absolute Gasteiger partial charge is 0.356 e. The summed E-state index contributed by atoms with van der Waals surface area (Å²) in [6.45, 7) is 5.58. The lowest BCUT2D eigenvalue weighted by Gasteiger charge is -2.33. The Bertz CT molecular complexity index is 568. The molecule has 0 atom stereocenters. The highest BCUT2D eigenvalue weighted by atomic mass is 32.1. The summed E-state index contributed by atoms with van der Waals surface area (Å²) in [7, 11) is 1.95. The number of unbranched alkanes of at least 4 members (excludes halogenated alkanes) is 1. The molecule has 1 amide bonds. The van der Waals surface area contributed by atoms with Gasteiger partial charge in [0.1, 0.15) is 0 Å². The van der Waals surface area contributed by atoms with E-state index < -0.39 is 0 Å². The number of anilines is 1. The molecule has 2 rings (SSSR count). The molecule has 26 heavy (non-hydrogen) atoms. The van der Waals surface area contributed by atoms with E-state index in [1.165, 1.54) is 5.56 Å². The second kappa shape index (κ2) is 11.1. The van der Waals surface area contributed by atoms with E-state index in [0.717, 1.165) is 69.1 Å². The van der Waals surface area contributed by atoms with E-state index in [1.807, 2.05) is 7.05 Å². The second-order valence-electron chi connectivity index (χ2n) is 6.84. The molecular weight excluding hydrogens is 344 g/mol. The van der Waals surface area contributed by atoms with Crippen LogP contribution in [0.5, 0.6) is 0 Å². The van der Waals surface area contributed by atoms with Crippen molar-refractivity contribution in [1.82, 2.24) is 15.5 Å². The van der Waals surface area contributed by atoms with Crippen LogP contribution in [0.2, 0.25) is 0 Å². The molecule has 1 saturated heterocycles. The topological polar surface area (TPSA) is 56.4 Å². The van der Waals surface area contributed by atoms with E-state index in [-0.39, 0.29) is 11.8 Å². The Morgan fingerprint density at radius 2 is 1.81 bits per heavy atom. The van der Waals surface area contributed by atoms with Crippen molar-refractivity contribution in [1.29, 1.82) is 0 Å². The Balaban J connectivity index is 1.69. The van der Waals surface area contributed by atoms with Crippen LogP contribution in [0, 0.1) is 5.92 Å². The minimum Gasteiger partial charge on any atom is -0.356 e. The molecule has 0 spiro atoms. The van der Waals surface area contributed by atoms with Crippen molar-refractivity contribution in [2.45, 2.75) is 39.0 Å². The quantitative estimate of drug-likeness (QED) is 0.481. The molecule has 6 heteroatoms. The fourth-order valence-corrected chi connectivity index (χ4v) is 3.45. The SMILES string of the molecule is CCc1ccc(NC(=S)N2CCC(C(=O)NCCCCNC)CC2)cc1. The van der Waals surface area contributed by atoms with Crippen molar-refractivity contribution in [3.63, 3.8) is 0 Å². The van der Waals surface area contributed by atoms with E-state index in [1.54, 1.807) is 0 Å². The third-order valence-corrected chi connectivity index (χ3v) is 5.28. The number of benzene rings is 1. The van der Waals surface area contributed by atoms with Crippen molar-refractivity contribution in [3.8, 4) is 0 Å². The summed E-state index contributed by atoms with van der Waals surface area (Å²) in [6, 6.07) is 8.38. The Kier molecular flexibility index (Phi) is 8.85. The van der Waals surface area contributed by atoms with Gasteiger partial charge in [-0.1, -0.05) is 19.1 Å². The molecule has 1 aromatic rings. The molecule has 144 valence electrons. The molecule has 1 heterocycles. The number of hydrogen-bond donors (Lipinski definition) is 3. The van der Waals surface area contributed by atoms with E-state index in [9.17, 15) is 4.79 Å². The van der Waals surface area contributed by atoms with Gasteiger partial charge in [0.05, 0.1) is 0 Å². The Morgan fingerprint density at radius 3 is 2.42 bits per heavy atom. The average Bonchev–Trinajstić information content (AvgIpc) is 2.68. The molecule has 1 aliphatic rings. The molecular formula is C20H32N4OS. The van der Waals surface area contributed by atoms with E-state index in [2.05, 4.69) is 52.0 Å². The van der Waals surface area contributed by atoms with Crippen molar-refractivity contribution in [3.05, 3.63) is 29.8 Å². The van der Waals surface area contributed by atoms with Crippen LogP contribution in [0.1, 0.15) is 38.2 Å². The van der Waals surface area contributed by atoms with Gasteiger partial charge < -0.3 is 20.9 Å². The van der Waals surface area contributed by atoms with Gasteiger partial charge in [0.25, 0.3) is 0 Å². The Morgan fingerprint density at radius 1 is 1.15 bits per heavy atom. The molecule has 1 aliphatic heterocycles. The fourth-order valence-electron chi connectivity index (χ4n) is 3.15. The number of piperidine rings is 1. The van der Waals surface area contributed by atoms with Crippen LogP contribution in [0.15, 0.2) is 24.3 Å². The molecule has 0 aliphatic carbocycles. The van der Waals surface area contributed by atoms with Gasteiger partial charge in [-0.15, -0.1) is 0 Å². The van der Waals surface area contributed by atoms with Gasteiger partial charge in [0.2, 0.25) is 5.91 Å². The molecule has 0 radical (unpaired) electrons. The predicted octanol–water partition coefficient (Wildman–Crippen LogP) is 2.77. The molecule has 0 unspecified atom stereocenters. The summed E-state index contributed by atoms with van der Waals surface area (Å²) in [5.41, 5.74) is 2.34. The lowest BCUT2D eigenvalue weighted by Crippen LogP contribution is -2.44. The minimum atomic E-state index is 0.113. The molecule has 5 nitrogen and oxygen atoms in total. The van der Waals surface area contributed by atoms with Gasteiger partial charge in [-0.25, -0.2) is 0 Å². The zero-order valence-corrected chi connectivity index (χ0v) is 16.8. The number of thiocarbonyl (C=S) groups is 1. The fraction of sp³-hybridized carbons (Fsp3) is 0.600. The second-order valence-corrected chi connectivity index (χ2v) is 7.23. The molecule has 3 N–H and O–H groups in total. The first kappa shape index (κ1) is 20.6. The van der Waals surface area contributed by atoms with Gasteiger partial charge in [0, 0.05) is 31.2 Å². The van der Waals surface area contributed by atoms with E-state index >= 15 is 0 Å². The van der Waals surface area contributed by atoms with Crippen LogP contribution < -0.4 is 16.0 Å². The number of nitrogens with one attached hydrogen (secondary N) is 3. The maximum atomic E-state index is 12.3. The number of amides is 1. The van der Waals surface area contributed by atoms with Crippen LogP contribution in [0.25, 0.3) is 0 Å². The summed E-state index contributed by atoms with van der Waals surface area (Å²) in [6.07, 6.45) is 4.87. The van der Waals surface area contributed by atoms with Crippen molar-refractivity contribution >= 4 is 28.9 Å². The number of rotatable bonds is 8. The number of aryl methyl sites for hydroxylation is 1. The highest BCUT2D eigenvalue weighted by Crippen LogP contribution is 2.19. The number of carbonyl (C=O) groups is 1.